The summed E-state index contributed by atoms with van der Waals surface area (Å²) in [7, 11) is 0.651. The maximum atomic E-state index is 12.3. The van der Waals surface area contributed by atoms with Crippen LogP contribution >= 0.6 is 8.69 Å². The number of esters is 1. The van der Waals surface area contributed by atoms with Crippen LogP contribution in [-0.2, 0) is 32.8 Å². The van der Waals surface area contributed by atoms with Gasteiger partial charge in [0.15, 0.2) is 6.23 Å². The van der Waals surface area contributed by atoms with Gasteiger partial charge in [-0.05, 0) is 27.2 Å². The van der Waals surface area contributed by atoms with Gasteiger partial charge in [0.2, 0.25) is 0 Å². The Kier molecular flexibility index (Phi) is 11.2. The predicted octanol–water partition coefficient (Wildman–Crippen LogP) is 0.464. The average Bonchev–Trinajstić information content (AvgIpc) is 3.05. The van der Waals surface area contributed by atoms with Gasteiger partial charge in [0.25, 0.3) is 5.56 Å². The molecule has 1 aromatic heterocycles. The van der Waals surface area contributed by atoms with Crippen molar-refractivity contribution in [1.82, 2.24) is 14.9 Å². The Balaban J connectivity index is 2.03. The number of hydrogen-bond donors (Lipinski definition) is 3. The van der Waals surface area contributed by atoms with Crippen molar-refractivity contribution in [2.45, 2.75) is 63.6 Å². The van der Waals surface area contributed by atoms with E-state index >= 15 is 0 Å². The first-order chi connectivity index (χ1) is 17.0. The van der Waals surface area contributed by atoms with Crippen molar-refractivity contribution in [3.63, 3.8) is 0 Å². The van der Waals surface area contributed by atoms with Crippen LogP contribution < -0.4 is 22.3 Å². The molecule has 5 atom stereocenters. The molecule has 14 nitrogen and oxygen atoms in total. The van der Waals surface area contributed by atoms with Gasteiger partial charge in [0.1, 0.15) is 6.04 Å². The van der Waals surface area contributed by atoms with Gasteiger partial charge in [-0.1, -0.05) is 0 Å². The van der Waals surface area contributed by atoms with E-state index in [-0.39, 0.29) is 32.3 Å². The number of carbonyl (C=O) groups excluding carboxylic acids is 2. The lowest BCUT2D eigenvalue weighted by atomic mass is 9.82. The van der Waals surface area contributed by atoms with Crippen LogP contribution in [-0.4, -0.2) is 72.3 Å². The van der Waals surface area contributed by atoms with Crippen molar-refractivity contribution in [3.8, 4) is 0 Å². The number of nitrogens with one attached hydrogen (secondary N) is 2. The van der Waals surface area contributed by atoms with Crippen molar-refractivity contribution in [3.05, 3.63) is 33.1 Å². The molecule has 0 unspecified atom stereocenters. The zero-order valence-electron chi connectivity index (χ0n) is 20.6. The fraction of sp³-hybridized carbons (Fsp3) is 0.714. The first-order valence-corrected chi connectivity index (χ1v) is 12.1. The van der Waals surface area contributed by atoms with E-state index < -0.39 is 61.8 Å². The van der Waals surface area contributed by atoms with E-state index in [1.165, 1.54) is 23.9 Å². The number of H-pyrrole nitrogens is 1. The summed E-state index contributed by atoms with van der Waals surface area (Å²) in [5.74, 6) is -1.00. The normalized spacial score (nSPS) is 24.6. The molecule has 1 fully saturated rings. The first-order valence-electron chi connectivity index (χ1n) is 11.3. The van der Waals surface area contributed by atoms with Gasteiger partial charge in [-0.25, -0.2) is 18.9 Å². The van der Waals surface area contributed by atoms with Crippen LogP contribution in [0.1, 0.15) is 39.8 Å². The second-order valence-corrected chi connectivity index (χ2v) is 9.16. The number of carbonyl (C=O) groups is 2. The summed E-state index contributed by atoms with van der Waals surface area (Å²) in [6, 6.07) is 0.227. The Bertz CT molecular complexity index is 1010. The standard InChI is InChI=1S/C21H33N4O10P/c1-12(2)34-17(27)14(23-20(29)31-4)7-10-32-9-6-13-15(11-33-36-30)35-18(21(13,3)22)25-8-5-16(26)24-19(25)28/h5,8,12-15,18H,6-7,9-11,22H2,1-4H3,(H,23,29)(H,24,26,28)/t13-,14+,15-,18-,21-/m1/s1. The van der Waals surface area contributed by atoms with Crippen LogP contribution in [0.4, 0.5) is 4.79 Å². The summed E-state index contributed by atoms with van der Waals surface area (Å²) in [6.45, 7) is 5.34. The molecule has 1 aliphatic heterocycles. The maximum Gasteiger partial charge on any atom is 0.407 e. The highest BCUT2D eigenvalue weighted by Gasteiger charge is 2.52. The molecule has 0 bridgehead atoms. The fourth-order valence-electron chi connectivity index (χ4n) is 4.00. The molecule has 0 saturated carbocycles. The third-order valence-electron chi connectivity index (χ3n) is 5.72. The molecular formula is C21H33N4O10P. The Hall–Kier alpha value is -2.64. The Morgan fingerprint density at radius 1 is 1.33 bits per heavy atom. The van der Waals surface area contributed by atoms with Gasteiger partial charge in [0.05, 0.1) is 31.5 Å². The van der Waals surface area contributed by atoms with Crippen LogP contribution in [0.5, 0.6) is 0 Å². The number of aromatic amines is 1. The number of nitrogens with zero attached hydrogens (tertiary/aromatic N) is 1. The highest BCUT2D eigenvalue weighted by molar-refractivity contribution is 7.17. The van der Waals surface area contributed by atoms with Crippen molar-refractivity contribution < 1.29 is 37.6 Å². The van der Waals surface area contributed by atoms with Crippen LogP contribution in [0.25, 0.3) is 0 Å². The minimum Gasteiger partial charge on any atom is -0.461 e. The van der Waals surface area contributed by atoms with E-state index in [0.717, 1.165) is 0 Å². The van der Waals surface area contributed by atoms with Crippen LogP contribution in [0.15, 0.2) is 21.9 Å². The van der Waals surface area contributed by atoms with E-state index in [0.29, 0.717) is 6.42 Å². The second-order valence-electron chi connectivity index (χ2n) is 8.75. The lowest BCUT2D eigenvalue weighted by Crippen LogP contribution is -2.51. The third-order valence-corrected chi connectivity index (χ3v) is 5.97. The Labute approximate surface area is 209 Å². The molecule has 1 amide bonds. The highest BCUT2D eigenvalue weighted by atomic mass is 31.1. The Morgan fingerprint density at radius 2 is 2.06 bits per heavy atom. The number of rotatable bonds is 13. The molecule has 1 aromatic rings. The van der Waals surface area contributed by atoms with Gasteiger partial charge in [-0.3, -0.25) is 18.9 Å². The van der Waals surface area contributed by atoms with Crippen molar-refractivity contribution in [1.29, 1.82) is 0 Å². The van der Waals surface area contributed by atoms with Gasteiger partial charge >= 0.3 is 26.4 Å². The molecule has 2 rings (SSSR count). The zero-order valence-corrected chi connectivity index (χ0v) is 21.5. The predicted molar refractivity (Wildman–Crippen MR) is 125 cm³/mol. The van der Waals surface area contributed by atoms with Gasteiger partial charge in [0, 0.05) is 37.8 Å². The quantitative estimate of drug-likeness (QED) is 0.182. The summed E-state index contributed by atoms with van der Waals surface area (Å²) >= 11 is 0. The van der Waals surface area contributed by atoms with Crippen molar-refractivity contribution in [2.24, 2.45) is 11.7 Å². The number of ether oxygens (including phenoxy) is 4. The third kappa shape index (κ3) is 7.93. The molecule has 0 aromatic carbocycles. The summed E-state index contributed by atoms with van der Waals surface area (Å²) in [5, 5.41) is 2.42. The van der Waals surface area contributed by atoms with Gasteiger partial charge in [-0.15, -0.1) is 0 Å². The molecule has 1 aliphatic rings. The number of alkyl carbamates (subject to hydrolysis) is 1. The largest absolute Gasteiger partial charge is 0.461 e. The van der Waals surface area contributed by atoms with E-state index in [4.69, 9.17) is 24.5 Å². The lowest BCUT2D eigenvalue weighted by Gasteiger charge is -2.32. The van der Waals surface area contributed by atoms with E-state index in [2.05, 4.69) is 15.0 Å². The molecule has 202 valence electrons. The Morgan fingerprint density at radius 3 is 2.67 bits per heavy atom. The molecule has 36 heavy (non-hydrogen) atoms. The molecule has 0 aliphatic carbocycles. The number of hydrogen-bond acceptors (Lipinski definition) is 11. The van der Waals surface area contributed by atoms with Crippen LogP contribution in [0.2, 0.25) is 0 Å². The molecule has 1 saturated heterocycles. The number of amides is 1. The van der Waals surface area contributed by atoms with E-state index in [1.807, 2.05) is 0 Å². The average molecular weight is 532 g/mol. The van der Waals surface area contributed by atoms with Crippen LogP contribution in [0.3, 0.4) is 0 Å². The number of aromatic nitrogens is 2. The fourth-order valence-corrected chi connectivity index (χ4v) is 4.21. The van der Waals surface area contributed by atoms with Gasteiger partial charge < -0.3 is 30.0 Å². The molecule has 2 heterocycles. The summed E-state index contributed by atoms with van der Waals surface area (Å²) in [6.07, 6.45) is -0.876. The molecule has 0 spiro atoms. The van der Waals surface area contributed by atoms with Gasteiger partial charge in [-0.2, -0.15) is 0 Å². The van der Waals surface area contributed by atoms with E-state index in [1.54, 1.807) is 20.8 Å². The zero-order chi connectivity index (χ0) is 26.9. The summed E-state index contributed by atoms with van der Waals surface area (Å²) in [4.78, 5) is 49.7. The van der Waals surface area contributed by atoms with Crippen molar-refractivity contribution in [2.75, 3.05) is 26.9 Å². The summed E-state index contributed by atoms with van der Waals surface area (Å²) < 4.78 is 38.4. The minimum absolute atomic E-state index is 0.0523. The molecule has 0 radical (unpaired) electrons. The summed E-state index contributed by atoms with van der Waals surface area (Å²) in [5.41, 5.74) is 4.27. The van der Waals surface area contributed by atoms with Crippen LogP contribution in [0, 0.1) is 5.92 Å². The topological polar surface area (TPSA) is 190 Å². The smallest absolute Gasteiger partial charge is 0.407 e. The second kappa shape index (κ2) is 13.6. The minimum atomic E-state index is -1.09. The highest BCUT2D eigenvalue weighted by Crippen LogP contribution is 2.42. The molecule has 4 N–H and O–H groups in total. The maximum absolute atomic E-state index is 12.3. The van der Waals surface area contributed by atoms with E-state index in [9.17, 15) is 23.7 Å². The first kappa shape index (κ1) is 29.6. The molecule has 15 heteroatoms. The lowest BCUT2D eigenvalue weighted by molar-refractivity contribution is -0.150. The molecular weight excluding hydrogens is 499 g/mol. The number of methoxy groups -OCH3 is 1. The monoisotopic (exact) mass is 532 g/mol. The number of nitrogens with two attached hydrogens (primary N) is 1. The van der Waals surface area contributed by atoms with Crippen molar-refractivity contribution >= 4 is 20.7 Å². The SMILES string of the molecule is COC(=O)N[C@@H](CCOCC[C@@H]1[C@@H](COP=O)O[C@@H](n2ccc(=O)[nH]c2=O)[C@]1(C)N)C(=O)OC(C)C.